The van der Waals surface area contributed by atoms with Crippen molar-refractivity contribution in [2.75, 3.05) is 6.61 Å². The average molecular weight is 168 g/mol. The van der Waals surface area contributed by atoms with Crippen molar-refractivity contribution in [2.24, 2.45) is 5.73 Å². The predicted molar refractivity (Wildman–Crippen MR) is 31.5 cm³/mol. The lowest BCUT2D eigenvalue weighted by atomic mass is 10.3. The van der Waals surface area contributed by atoms with Crippen LogP contribution in [0.3, 0.4) is 0 Å². The van der Waals surface area contributed by atoms with Gasteiger partial charge in [-0.2, -0.15) is 0 Å². The van der Waals surface area contributed by atoms with E-state index >= 15 is 0 Å². The van der Waals surface area contributed by atoms with Gasteiger partial charge >= 0.3 is 5.97 Å². The summed E-state index contributed by atoms with van der Waals surface area (Å²) in [6, 6.07) is -1.13. The Balaban J connectivity index is 0. The number of rotatable bonds is 2. The molecule has 0 saturated heterocycles. The number of nitrogens with zero attached hydrogens (tertiary/aromatic N) is 1. The van der Waals surface area contributed by atoms with Crippen molar-refractivity contribution in [3.63, 3.8) is 0 Å². The summed E-state index contributed by atoms with van der Waals surface area (Å²) in [6.45, 7) is -0.505. The summed E-state index contributed by atoms with van der Waals surface area (Å²) in [7, 11) is 0. The molecule has 11 heavy (non-hydrogen) atoms. The highest BCUT2D eigenvalue weighted by molar-refractivity contribution is 5.73. The van der Waals surface area contributed by atoms with Gasteiger partial charge in [0.1, 0.15) is 6.04 Å². The SMILES string of the molecule is NC(CO)C(=O)O.O=[N+]([O-])O. The molecule has 1 atom stereocenters. The van der Waals surface area contributed by atoms with Crippen LogP contribution in [0, 0.1) is 10.1 Å². The molecule has 8 nitrogen and oxygen atoms in total. The number of nitrogens with two attached hydrogens (primary N) is 1. The third-order valence-corrected chi connectivity index (χ3v) is 0.514. The molecule has 0 amide bonds. The highest BCUT2D eigenvalue weighted by atomic mass is 16.9. The fraction of sp³-hybridized carbons (Fsp3) is 0.667. The molecule has 0 radical (unpaired) electrons. The summed E-state index contributed by atoms with van der Waals surface area (Å²) < 4.78 is 0. The fourth-order valence-electron chi connectivity index (χ4n) is 0.0781. The van der Waals surface area contributed by atoms with Crippen molar-refractivity contribution >= 4 is 5.97 Å². The summed E-state index contributed by atoms with van der Waals surface area (Å²) in [4.78, 5) is 18.0. The Labute approximate surface area is 61.0 Å². The molecule has 0 aromatic heterocycles. The molecule has 0 bridgehead atoms. The lowest BCUT2D eigenvalue weighted by Crippen LogP contribution is -2.33. The minimum absolute atomic E-state index is 0.505. The molecule has 0 fully saturated rings. The predicted octanol–water partition coefficient (Wildman–Crippen LogP) is -1.96. The smallest absolute Gasteiger partial charge is 0.322 e. The van der Waals surface area contributed by atoms with Crippen LogP contribution >= 0.6 is 0 Å². The summed E-state index contributed by atoms with van der Waals surface area (Å²) >= 11 is 0. The Bertz CT molecular complexity index is 132. The Morgan fingerprint density at radius 3 is 2.00 bits per heavy atom. The van der Waals surface area contributed by atoms with Gasteiger partial charge in [-0.3, -0.25) is 4.79 Å². The van der Waals surface area contributed by atoms with Gasteiger partial charge in [-0.15, -0.1) is 10.1 Å². The van der Waals surface area contributed by atoms with Crippen LogP contribution in [0.4, 0.5) is 0 Å². The zero-order valence-electron chi connectivity index (χ0n) is 5.38. The summed E-state index contributed by atoms with van der Waals surface area (Å²) in [5.74, 6) is -1.18. The minimum Gasteiger partial charge on any atom is -0.480 e. The number of carboxylic acid groups (broad SMARTS) is 1. The van der Waals surface area contributed by atoms with Gasteiger partial charge in [0.2, 0.25) is 0 Å². The molecular weight excluding hydrogens is 160 g/mol. The van der Waals surface area contributed by atoms with Crippen molar-refractivity contribution < 1.29 is 25.3 Å². The standard InChI is InChI=1S/C3H7NO3.HNO3/c4-2(1-5)3(6)7;2-1(3)4/h2,5H,1,4H2,(H,6,7);(H,2,3,4). The van der Waals surface area contributed by atoms with Crippen molar-refractivity contribution in [1.29, 1.82) is 0 Å². The average Bonchev–Trinajstić information content (AvgIpc) is 1.85. The Morgan fingerprint density at radius 1 is 1.73 bits per heavy atom. The second-order valence-corrected chi connectivity index (χ2v) is 1.37. The molecule has 1 unspecified atom stereocenters. The van der Waals surface area contributed by atoms with Gasteiger partial charge in [-0.1, -0.05) is 0 Å². The van der Waals surface area contributed by atoms with Crippen LogP contribution in [0.25, 0.3) is 0 Å². The maximum absolute atomic E-state index is 9.65. The first kappa shape index (κ1) is 12.3. The van der Waals surface area contributed by atoms with Gasteiger partial charge in [0.05, 0.1) is 6.61 Å². The number of aliphatic carboxylic acids is 1. The van der Waals surface area contributed by atoms with Gasteiger partial charge in [0.15, 0.2) is 0 Å². The molecule has 0 aliphatic carbocycles. The summed E-state index contributed by atoms with van der Waals surface area (Å²) in [6.07, 6.45) is 0. The first-order valence-electron chi connectivity index (χ1n) is 2.34. The summed E-state index contributed by atoms with van der Waals surface area (Å²) in [5.41, 5.74) is 4.77. The molecule has 0 heterocycles. The van der Waals surface area contributed by atoms with Crippen molar-refractivity contribution in [1.82, 2.24) is 0 Å². The van der Waals surface area contributed by atoms with E-state index < -0.39 is 23.7 Å². The Morgan fingerprint density at radius 2 is 2.00 bits per heavy atom. The van der Waals surface area contributed by atoms with Gasteiger partial charge in [-0.25, -0.2) is 0 Å². The Hall–Kier alpha value is -1.41. The largest absolute Gasteiger partial charge is 0.480 e. The monoisotopic (exact) mass is 168 g/mol. The third-order valence-electron chi connectivity index (χ3n) is 0.514. The number of carbonyl (C=O) groups is 1. The van der Waals surface area contributed by atoms with Crippen LogP contribution in [-0.2, 0) is 4.79 Å². The molecule has 8 heteroatoms. The van der Waals surface area contributed by atoms with Gasteiger partial charge in [-0.05, 0) is 0 Å². The maximum atomic E-state index is 9.65. The first-order chi connectivity index (χ1) is 4.91. The van der Waals surface area contributed by atoms with Crippen molar-refractivity contribution in [3.8, 4) is 0 Å². The maximum Gasteiger partial charge on any atom is 0.322 e. The fourth-order valence-corrected chi connectivity index (χ4v) is 0.0781. The van der Waals surface area contributed by atoms with Crippen molar-refractivity contribution in [2.45, 2.75) is 6.04 Å². The van der Waals surface area contributed by atoms with Crippen LogP contribution in [-0.4, -0.2) is 39.1 Å². The van der Waals surface area contributed by atoms with Crippen LogP contribution in [0.2, 0.25) is 0 Å². The van der Waals surface area contributed by atoms with Gasteiger partial charge in [0.25, 0.3) is 5.09 Å². The minimum atomic E-state index is -1.50. The van der Waals surface area contributed by atoms with E-state index in [1.54, 1.807) is 0 Å². The molecule has 5 N–H and O–H groups in total. The molecule has 0 aliphatic heterocycles. The lowest BCUT2D eigenvalue weighted by Gasteiger charge is -1.96. The van der Waals surface area contributed by atoms with E-state index in [1.807, 2.05) is 0 Å². The lowest BCUT2D eigenvalue weighted by molar-refractivity contribution is -0.742. The van der Waals surface area contributed by atoms with E-state index in [9.17, 15) is 4.79 Å². The molecule has 0 aromatic rings. The highest BCUT2D eigenvalue weighted by Gasteiger charge is 2.06. The van der Waals surface area contributed by atoms with Crippen LogP contribution in [0.5, 0.6) is 0 Å². The van der Waals surface area contributed by atoms with Gasteiger partial charge < -0.3 is 21.2 Å². The van der Waals surface area contributed by atoms with E-state index in [0.29, 0.717) is 0 Å². The zero-order chi connectivity index (χ0) is 9.44. The Kier molecular flexibility index (Phi) is 7.49. The van der Waals surface area contributed by atoms with E-state index in [1.165, 1.54) is 0 Å². The molecule has 0 aliphatic rings. The molecule has 0 spiro atoms. The number of carboxylic acids is 1. The topological polar surface area (TPSA) is 147 Å². The molecular formula is C3H8N2O6. The second-order valence-electron chi connectivity index (χ2n) is 1.37. The van der Waals surface area contributed by atoms with Crippen molar-refractivity contribution in [3.05, 3.63) is 10.1 Å². The number of hydrogen-bond acceptors (Lipinski definition) is 5. The quantitative estimate of drug-likeness (QED) is 0.276. The second kappa shape index (κ2) is 6.71. The molecule has 0 saturated carbocycles. The zero-order valence-corrected chi connectivity index (χ0v) is 5.38. The van der Waals surface area contributed by atoms with E-state index in [0.717, 1.165) is 0 Å². The van der Waals surface area contributed by atoms with Crippen LogP contribution < -0.4 is 5.73 Å². The van der Waals surface area contributed by atoms with E-state index in [4.69, 9.17) is 31.3 Å². The number of aliphatic hydroxyl groups excluding tert-OH is 1. The van der Waals surface area contributed by atoms with Crippen LogP contribution in [0.1, 0.15) is 0 Å². The molecule has 0 rings (SSSR count). The third kappa shape index (κ3) is 17.7. The summed E-state index contributed by atoms with van der Waals surface area (Å²) in [5, 5.41) is 29.5. The number of hydrogen-bond donors (Lipinski definition) is 4. The molecule has 0 aromatic carbocycles. The van der Waals surface area contributed by atoms with Crippen LogP contribution in [0.15, 0.2) is 0 Å². The van der Waals surface area contributed by atoms with E-state index in [-0.39, 0.29) is 0 Å². The molecule has 66 valence electrons. The van der Waals surface area contributed by atoms with E-state index in [2.05, 4.69) is 0 Å². The highest BCUT2D eigenvalue weighted by Crippen LogP contribution is 1.71. The first-order valence-corrected chi connectivity index (χ1v) is 2.34. The van der Waals surface area contributed by atoms with Gasteiger partial charge in [0, 0.05) is 0 Å². The number of aliphatic hydroxyl groups is 1. The normalized spacial score (nSPS) is 10.7.